The minimum Gasteiger partial charge on any atom is -0.485 e. The third-order valence-electron chi connectivity index (χ3n) is 2.78. The number of rotatable bonds is 5. The van der Waals surface area contributed by atoms with E-state index in [2.05, 4.69) is 9.97 Å². The number of hydrogen-bond donors (Lipinski definition) is 0. The van der Waals surface area contributed by atoms with Crippen molar-refractivity contribution in [1.82, 2.24) is 9.97 Å². The topological polar surface area (TPSA) is 140 Å². The van der Waals surface area contributed by atoms with Crippen LogP contribution in [0, 0.1) is 20.2 Å². The van der Waals surface area contributed by atoms with Gasteiger partial charge in [-0.05, 0) is 0 Å². The van der Waals surface area contributed by atoms with Crippen LogP contribution in [-0.4, -0.2) is 41.1 Å². The number of benzene rings is 1. The van der Waals surface area contributed by atoms with Gasteiger partial charge in [-0.1, -0.05) is 0 Å². The lowest BCUT2D eigenvalue weighted by Gasteiger charge is -2.09. The Morgan fingerprint density at radius 3 is 2.00 bits per heavy atom. The fourth-order valence-corrected chi connectivity index (χ4v) is 1.89. The molecule has 0 fully saturated rings. The van der Waals surface area contributed by atoms with Crippen molar-refractivity contribution in [1.29, 1.82) is 0 Å². The van der Waals surface area contributed by atoms with Gasteiger partial charge in [0.15, 0.2) is 5.52 Å². The molecule has 0 bridgehead atoms. The highest BCUT2D eigenvalue weighted by atomic mass is 16.6. The average Bonchev–Trinajstić information content (AvgIpc) is 2.50. The molecule has 1 aromatic carbocycles. The molecule has 0 aliphatic heterocycles. The highest BCUT2D eigenvalue weighted by Gasteiger charge is 2.32. The minimum absolute atomic E-state index is 0.0521. The fourth-order valence-electron chi connectivity index (χ4n) is 1.89. The molecule has 0 spiro atoms. The Morgan fingerprint density at radius 1 is 0.955 bits per heavy atom. The monoisotopic (exact) mass is 310 g/mol. The Kier molecular flexibility index (Phi) is 3.88. The summed E-state index contributed by atoms with van der Waals surface area (Å²) in [5.41, 5.74) is -1.55. The summed E-state index contributed by atoms with van der Waals surface area (Å²) in [6, 6.07) is 1.02. The van der Waals surface area contributed by atoms with Crippen molar-refractivity contribution < 1.29 is 24.1 Å². The van der Waals surface area contributed by atoms with Crippen molar-refractivity contribution in [2.75, 3.05) is 21.3 Å². The minimum atomic E-state index is -0.825. The van der Waals surface area contributed by atoms with Gasteiger partial charge in [0, 0.05) is 6.07 Å². The summed E-state index contributed by atoms with van der Waals surface area (Å²) in [5.74, 6) is -0.651. The first-order valence-electron chi connectivity index (χ1n) is 5.74. The molecule has 0 saturated heterocycles. The molecule has 1 heterocycles. The zero-order valence-corrected chi connectivity index (χ0v) is 11.7. The summed E-state index contributed by atoms with van der Waals surface area (Å²) in [4.78, 5) is 28.6. The summed E-state index contributed by atoms with van der Waals surface area (Å²) in [5, 5.41) is 22.4. The zero-order chi connectivity index (χ0) is 16.4. The highest BCUT2D eigenvalue weighted by molar-refractivity contribution is 5.92. The standard InChI is InChI=1S/C11H10N4O7/c1-20-9-6(14(16)17)4-5-7(8(9)15(18)19)13-11(22-3)10(12-5)21-2/h4H,1-3H3. The molecular weight excluding hydrogens is 300 g/mol. The third kappa shape index (κ3) is 2.28. The Bertz CT molecular complexity index is 777. The first-order chi connectivity index (χ1) is 10.4. The molecule has 11 heteroatoms. The van der Waals surface area contributed by atoms with Crippen LogP contribution in [0.4, 0.5) is 11.4 Å². The molecule has 0 atom stereocenters. The number of methoxy groups -OCH3 is 3. The summed E-state index contributed by atoms with van der Waals surface area (Å²) in [6.45, 7) is 0. The van der Waals surface area contributed by atoms with E-state index in [1.54, 1.807) is 0 Å². The Hall–Kier alpha value is -3.24. The predicted molar refractivity (Wildman–Crippen MR) is 72.5 cm³/mol. The number of fused-ring (bicyclic) bond motifs is 1. The number of nitro benzene ring substituents is 2. The molecule has 2 rings (SSSR count). The van der Waals surface area contributed by atoms with E-state index < -0.39 is 27.0 Å². The van der Waals surface area contributed by atoms with Crippen LogP contribution >= 0.6 is 0 Å². The van der Waals surface area contributed by atoms with Crippen molar-refractivity contribution in [3.05, 3.63) is 26.3 Å². The quantitative estimate of drug-likeness (QED) is 0.592. The van der Waals surface area contributed by atoms with Gasteiger partial charge in [-0.2, -0.15) is 4.98 Å². The van der Waals surface area contributed by atoms with Gasteiger partial charge in [-0.25, -0.2) is 4.98 Å². The van der Waals surface area contributed by atoms with Gasteiger partial charge in [0.1, 0.15) is 5.52 Å². The summed E-state index contributed by atoms with van der Waals surface area (Å²) >= 11 is 0. The van der Waals surface area contributed by atoms with Gasteiger partial charge >= 0.3 is 11.4 Å². The summed E-state index contributed by atoms with van der Waals surface area (Å²) < 4.78 is 14.7. The number of hydrogen-bond acceptors (Lipinski definition) is 9. The van der Waals surface area contributed by atoms with Gasteiger partial charge in [-0.15, -0.1) is 0 Å². The Balaban J connectivity index is 2.98. The second-order valence-electron chi connectivity index (χ2n) is 3.90. The molecule has 11 nitrogen and oxygen atoms in total. The van der Waals surface area contributed by atoms with Crippen molar-refractivity contribution in [2.24, 2.45) is 0 Å². The molecule has 116 valence electrons. The Labute approximate surface area is 122 Å². The summed E-state index contributed by atoms with van der Waals surface area (Å²) in [7, 11) is 3.67. The second-order valence-corrected chi connectivity index (χ2v) is 3.90. The lowest BCUT2D eigenvalue weighted by molar-refractivity contribution is -0.394. The van der Waals surface area contributed by atoms with E-state index in [0.717, 1.165) is 13.2 Å². The molecule has 0 saturated carbocycles. The molecule has 0 aliphatic rings. The van der Waals surface area contributed by atoms with Crippen LogP contribution in [0.2, 0.25) is 0 Å². The number of aromatic nitrogens is 2. The van der Waals surface area contributed by atoms with Crippen LogP contribution in [0.15, 0.2) is 6.07 Å². The Morgan fingerprint density at radius 2 is 1.55 bits per heavy atom. The van der Waals surface area contributed by atoms with Gasteiger partial charge in [-0.3, -0.25) is 20.2 Å². The van der Waals surface area contributed by atoms with Crippen LogP contribution in [0.3, 0.4) is 0 Å². The first-order valence-corrected chi connectivity index (χ1v) is 5.74. The SMILES string of the molecule is COc1nc2cc([N+](=O)[O-])c(OC)c([N+](=O)[O-])c2nc1OC. The second kappa shape index (κ2) is 5.63. The fraction of sp³-hybridized carbons (Fsp3) is 0.273. The van der Waals surface area contributed by atoms with Crippen molar-refractivity contribution in [3.63, 3.8) is 0 Å². The van der Waals surface area contributed by atoms with Crippen LogP contribution in [-0.2, 0) is 0 Å². The van der Waals surface area contributed by atoms with Crippen molar-refractivity contribution in [3.8, 4) is 17.5 Å². The molecule has 22 heavy (non-hydrogen) atoms. The van der Waals surface area contributed by atoms with Crippen molar-refractivity contribution in [2.45, 2.75) is 0 Å². The van der Waals surface area contributed by atoms with Gasteiger partial charge in [0.2, 0.25) is 0 Å². The number of nitrogens with zero attached hydrogens (tertiary/aromatic N) is 4. The molecule has 2 aromatic rings. The van der Waals surface area contributed by atoms with Gasteiger partial charge in [0.05, 0.1) is 31.2 Å². The van der Waals surface area contributed by atoms with E-state index in [9.17, 15) is 20.2 Å². The van der Waals surface area contributed by atoms with E-state index in [0.29, 0.717) is 0 Å². The van der Waals surface area contributed by atoms with Crippen LogP contribution in [0.25, 0.3) is 11.0 Å². The molecule has 1 aromatic heterocycles. The maximum absolute atomic E-state index is 11.3. The normalized spacial score (nSPS) is 10.3. The molecule has 0 aliphatic carbocycles. The first kappa shape index (κ1) is 15.2. The largest absolute Gasteiger partial charge is 0.485 e. The highest BCUT2D eigenvalue weighted by Crippen LogP contribution is 2.42. The smallest absolute Gasteiger partial charge is 0.345 e. The third-order valence-corrected chi connectivity index (χ3v) is 2.78. The van der Waals surface area contributed by atoms with Gasteiger partial charge in [0.25, 0.3) is 17.5 Å². The number of nitro groups is 2. The van der Waals surface area contributed by atoms with E-state index in [1.807, 2.05) is 0 Å². The van der Waals surface area contributed by atoms with E-state index in [1.165, 1.54) is 14.2 Å². The molecule has 0 unspecified atom stereocenters. The molecule has 0 radical (unpaired) electrons. The maximum atomic E-state index is 11.3. The molecule has 0 N–H and O–H groups in total. The maximum Gasteiger partial charge on any atom is 0.345 e. The van der Waals surface area contributed by atoms with Crippen molar-refractivity contribution >= 4 is 22.4 Å². The van der Waals surface area contributed by atoms with E-state index >= 15 is 0 Å². The van der Waals surface area contributed by atoms with Crippen LogP contribution in [0.1, 0.15) is 0 Å². The van der Waals surface area contributed by atoms with E-state index in [-0.39, 0.29) is 22.8 Å². The van der Waals surface area contributed by atoms with E-state index in [4.69, 9.17) is 14.2 Å². The summed E-state index contributed by atoms with van der Waals surface area (Å²) in [6.07, 6.45) is 0. The molecule has 0 amide bonds. The zero-order valence-electron chi connectivity index (χ0n) is 11.7. The lowest BCUT2D eigenvalue weighted by atomic mass is 10.2. The van der Waals surface area contributed by atoms with Gasteiger partial charge < -0.3 is 14.2 Å². The predicted octanol–water partition coefficient (Wildman–Crippen LogP) is 1.47. The molecular formula is C11H10N4O7. The van der Waals surface area contributed by atoms with Crippen LogP contribution in [0.5, 0.6) is 17.5 Å². The van der Waals surface area contributed by atoms with Crippen LogP contribution < -0.4 is 14.2 Å². The lowest BCUT2D eigenvalue weighted by Crippen LogP contribution is -2.04. The number of ether oxygens (including phenoxy) is 3. The average molecular weight is 310 g/mol.